The van der Waals surface area contributed by atoms with Crippen LogP contribution in [0.5, 0.6) is 0 Å². The molecule has 1 N–H and O–H groups in total. The average Bonchev–Trinajstić information content (AvgIpc) is 2.96. The van der Waals surface area contributed by atoms with Crippen molar-refractivity contribution in [1.29, 1.82) is 0 Å². The maximum atomic E-state index is 11.4. The van der Waals surface area contributed by atoms with E-state index in [0.29, 0.717) is 6.42 Å². The van der Waals surface area contributed by atoms with Crippen LogP contribution in [0.15, 0.2) is 30.5 Å². The molecule has 1 aromatic carbocycles. The third-order valence-corrected chi connectivity index (χ3v) is 4.52. The normalized spacial score (nSPS) is 12.1. The van der Waals surface area contributed by atoms with Gasteiger partial charge in [-0.05, 0) is 30.9 Å². The van der Waals surface area contributed by atoms with E-state index in [4.69, 9.17) is 0 Å². The van der Waals surface area contributed by atoms with Crippen molar-refractivity contribution in [3.63, 3.8) is 0 Å². The molecule has 3 nitrogen and oxygen atoms in total. The molecule has 1 atom stereocenters. The van der Waals surface area contributed by atoms with E-state index in [9.17, 15) is 4.79 Å². The molecule has 21 heavy (non-hydrogen) atoms. The number of benzene rings is 1. The molecule has 0 saturated heterocycles. The van der Waals surface area contributed by atoms with Crippen molar-refractivity contribution in [1.82, 2.24) is 10.3 Å². The topological polar surface area (TPSA) is 42.0 Å². The van der Waals surface area contributed by atoms with Gasteiger partial charge >= 0.3 is 0 Å². The third kappa shape index (κ3) is 4.14. The number of thiazole rings is 1. The van der Waals surface area contributed by atoms with Gasteiger partial charge in [0.15, 0.2) is 0 Å². The molecule has 0 saturated carbocycles. The monoisotopic (exact) mass is 302 g/mol. The molecule has 0 bridgehead atoms. The van der Waals surface area contributed by atoms with Crippen LogP contribution in [0, 0.1) is 0 Å². The summed E-state index contributed by atoms with van der Waals surface area (Å²) in [4.78, 5) is 17.1. The molecule has 0 aliphatic heterocycles. The Morgan fingerprint density at radius 3 is 2.62 bits per heavy atom. The second kappa shape index (κ2) is 7.36. The zero-order chi connectivity index (χ0) is 15.2. The van der Waals surface area contributed by atoms with Gasteiger partial charge in [-0.15, -0.1) is 11.3 Å². The Morgan fingerprint density at radius 1 is 1.29 bits per heavy atom. The van der Waals surface area contributed by atoms with Crippen molar-refractivity contribution in [2.45, 2.75) is 46.1 Å². The minimum atomic E-state index is 0.0450. The molecule has 1 unspecified atom stereocenters. The number of aryl methyl sites for hydroxylation is 1. The van der Waals surface area contributed by atoms with Crippen LogP contribution in [0.25, 0.3) is 10.4 Å². The number of carbonyl (C=O) groups is 1. The van der Waals surface area contributed by atoms with Crippen molar-refractivity contribution in [2.75, 3.05) is 0 Å². The van der Waals surface area contributed by atoms with Crippen LogP contribution < -0.4 is 5.32 Å². The number of hydrogen-bond acceptors (Lipinski definition) is 3. The van der Waals surface area contributed by atoms with E-state index in [2.05, 4.69) is 41.5 Å². The lowest BCUT2D eigenvalue weighted by Crippen LogP contribution is -2.25. The predicted molar refractivity (Wildman–Crippen MR) is 88.4 cm³/mol. The fourth-order valence-corrected chi connectivity index (χ4v) is 3.16. The van der Waals surface area contributed by atoms with Crippen LogP contribution in [0.1, 0.15) is 50.2 Å². The first-order valence-corrected chi connectivity index (χ1v) is 8.30. The molecule has 1 amide bonds. The van der Waals surface area contributed by atoms with E-state index in [1.54, 1.807) is 11.3 Å². The van der Waals surface area contributed by atoms with Crippen molar-refractivity contribution in [3.8, 4) is 10.4 Å². The fourth-order valence-electron chi connectivity index (χ4n) is 2.14. The van der Waals surface area contributed by atoms with Crippen LogP contribution in [-0.4, -0.2) is 10.9 Å². The minimum absolute atomic E-state index is 0.0450. The van der Waals surface area contributed by atoms with Gasteiger partial charge in [0.1, 0.15) is 0 Å². The number of nitrogens with one attached hydrogen (secondary N) is 1. The summed E-state index contributed by atoms with van der Waals surface area (Å²) in [5.74, 6) is 0.0817. The van der Waals surface area contributed by atoms with Gasteiger partial charge in [-0.25, -0.2) is 4.98 Å². The first kappa shape index (κ1) is 15.7. The molecular formula is C17H22N2OS. The summed E-state index contributed by atoms with van der Waals surface area (Å²) < 4.78 is 0. The summed E-state index contributed by atoms with van der Waals surface area (Å²) >= 11 is 1.76. The fraction of sp³-hybridized carbons (Fsp3) is 0.412. The van der Waals surface area contributed by atoms with Gasteiger partial charge in [-0.3, -0.25) is 4.79 Å². The molecule has 1 heterocycles. The molecular weight excluding hydrogens is 280 g/mol. The predicted octanol–water partition coefficient (Wildman–Crippen LogP) is 4.35. The Labute approximate surface area is 130 Å². The maximum Gasteiger partial charge on any atom is 0.220 e. The Morgan fingerprint density at radius 2 is 2.00 bits per heavy atom. The summed E-state index contributed by atoms with van der Waals surface area (Å²) in [7, 11) is 0. The highest BCUT2D eigenvalue weighted by molar-refractivity contribution is 7.15. The van der Waals surface area contributed by atoms with E-state index in [0.717, 1.165) is 18.4 Å². The lowest BCUT2D eigenvalue weighted by atomic mass is 10.1. The van der Waals surface area contributed by atoms with E-state index in [1.165, 1.54) is 15.4 Å². The highest BCUT2D eigenvalue weighted by Crippen LogP contribution is 2.27. The van der Waals surface area contributed by atoms with Crippen LogP contribution in [0.4, 0.5) is 0 Å². The number of carbonyl (C=O) groups excluding carboxylic acids is 1. The minimum Gasteiger partial charge on any atom is -0.350 e. The number of rotatable bonds is 6. The molecule has 0 radical (unpaired) electrons. The second-order valence-corrected chi connectivity index (χ2v) is 6.25. The quantitative estimate of drug-likeness (QED) is 0.862. The van der Waals surface area contributed by atoms with Gasteiger partial charge in [-0.2, -0.15) is 0 Å². The van der Waals surface area contributed by atoms with Gasteiger partial charge in [0.05, 0.1) is 15.9 Å². The lowest BCUT2D eigenvalue weighted by Gasteiger charge is -2.14. The Balaban J connectivity index is 2.08. The van der Waals surface area contributed by atoms with Crippen molar-refractivity contribution in [2.24, 2.45) is 0 Å². The standard InChI is InChI=1S/C17H22N2OS/c1-4-6-17-18-11-15(21-17)14-9-7-13(8-10-14)12(3)19-16(20)5-2/h7-12H,4-6H2,1-3H3,(H,19,20). The second-order valence-electron chi connectivity index (χ2n) is 5.13. The largest absolute Gasteiger partial charge is 0.350 e. The summed E-state index contributed by atoms with van der Waals surface area (Å²) in [5, 5.41) is 4.17. The van der Waals surface area contributed by atoms with Crippen molar-refractivity contribution < 1.29 is 4.79 Å². The van der Waals surface area contributed by atoms with E-state index in [-0.39, 0.29) is 11.9 Å². The van der Waals surface area contributed by atoms with E-state index in [1.807, 2.05) is 20.0 Å². The molecule has 0 aliphatic rings. The average molecular weight is 302 g/mol. The number of nitrogens with zero attached hydrogens (tertiary/aromatic N) is 1. The summed E-state index contributed by atoms with van der Waals surface area (Å²) in [6.07, 6.45) is 4.64. The maximum absolute atomic E-state index is 11.4. The molecule has 4 heteroatoms. The van der Waals surface area contributed by atoms with Gasteiger partial charge in [0.25, 0.3) is 0 Å². The van der Waals surface area contributed by atoms with Crippen molar-refractivity contribution >= 4 is 17.2 Å². The first-order valence-electron chi connectivity index (χ1n) is 7.48. The lowest BCUT2D eigenvalue weighted by molar-refractivity contribution is -0.121. The molecule has 2 rings (SSSR count). The van der Waals surface area contributed by atoms with Crippen LogP contribution in [0.3, 0.4) is 0 Å². The van der Waals surface area contributed by atoms with Gasteiger partial charge in [0.2, 0.25) is 5.91 Å². The molecule has 0 spiro atoms. The Hall–Kier alpha value is -1.68. The summed E-state index contributed by atoms with van der Waals surface area (Å²) in [5.41, 5.74) is 2.31. The van der Waals surface area contributed by atoms with E-state index < -0.39 is 0 Å². The highest BCUT2D eigenvalue weighted by Gasteiger charge is 2.09. The third-order valence-electron chi connectivity index (χ3n) is 3.41. The van der Waals surface area contributed by atoms with Gasteiger partial charge in [0, 0.05) is 12.6 Å². The zero-order valence-electron chi connectivity index (χ0n) is 12.8. The van der Waals surface area contributed by atoms with E-state index >= 15 is 0 Å². The number of amides is 1. The van der Waals surface area contributed by atoms with Gasteiger partial charge < -0.3 is 5.32 Å². The summed E-state index contributed by atoms with van der Waals surface area (Å²) in [6, 6.07) is 8.41. The van der Waals surface area contributed by atoms with Crippen LogP contribution >= 0.6 is 11.3 Å². The molecule has 0 aliphatic carbocycles. The zero-order valence-corrected chi connectivity index (χ0v) is 13.7. The molecule has 1 aromatic heterocycles. The van der Waals surface area contributed by atoms with Crippen molar-refractivity contribution in [3.05, 3.63) is 41.0 Å². The number of hydrogen-bond donors (Lipinski definition) is 1. The molecule has 2 aromatic rings. The molecule has 0 fully saturated rings. The number of aromatic nitrogens is 1. The van der Waals surface area contributed by atoms with Crippen LogP contribution in [-0.2, 0) is 11.2 Å². The summed E-state index contributed by atoms with van der Waals surface area (Å²) in [6.45, 7) is 6.04. The highest BCUT2D eigenvalue weighted by atomic mass is 32.1. The Bertz CT molecular complexity index is 589. The van der Waals surface area contributed by atoms with Crippen LogP contribution in [0.2, 0.25) is 0 Å². The smallest absolute Gasteiger partial charge is 0.220 e. The SMILES string of the molecule is CCCc1ncc(-c2ccc(C(C)NC(=O)CC)cc2)s1. The Kier molecular flexibility index (Phi) is 5.51. The molecule has 112 valence electrons. The van der Waals surface area contributed by atoms with Gasteiger partial charge in [-0.1, -0.05) is 38.1 Å². The first-order chi connectivity index (χ1) is 10.1.